The van der Waals surface area contributed by atoms with Crippen molar-refractivity contribution in [2.75, 3.05) is 6.54 Å². The number of rotatable bonds is 8. The van der Waals surface area contributed by atoms with Crippen molar-refractivity contribution in [3.63, 3.8) is 0 Å². The molecular weight excluding hydrogens is 479 g/mol. The largest absolute Gasteiger partial charge is 0.357 e. The molecule has 2 rings (SSSR count). The number of hydrogen-bond acceptors (Lipinski definition) is 3. The quantitative estimate of drug-likeness (QED) is 0.280. The molecule has 0 radical (unpaired) electrons. The fourth-order valence-electron chi connectivity index (χ4n) is 3.68. The minimum Gasteiger partial charge on any atom is -0.357 e. The number of guanidine groups is 1. The van der Waals surface area contributed by atoms with Gasteiger partial charge in [0, 0.05) is 43.5 Å². The average molecular weight is 518 g/mol. The predicted octanol–water partition coefficient (Wildman–Crippen LogP) is 3.30. The first-order chi connectivity index (χ1) is 13.4. The molecule has 29 heavy (non-hydrogen) atoms. The Morgan fingerprint density at radius 3 is 2.72 bits per heavy atom. The highest BCUT2D eigenvalue weighted by Crippen LogP contribution is 2.24. The molecule has 1 heterocycles. The number of imidazole rings is 1. The zero-order valence-corrected chi connectivity index (χ0v) is 20.9. The highest BCUT2D eigenvalue weighted by Gasteiger charge is 2.28. The third-order valence-corrected chi connectivity index (χ3v) is 4.90. The summed E-state index contributed by atoms with van der Waals surface area (Å²) < 4.78 is 2.17. The summed E-state index contributed by atoms with van der Waals surface area (Å²) in [6.45, 7) is 12.8. The molecule has 2 atom stereocenters. The minimum atomic E-state index is 0. The molecule has 1 aliphatic rings. The number of carbonyl (C=O) groups is 1. The number of hydrogen-bond donors (Lipinski definition) is 3. The first-order valence-electron chi connectivity index (χ1n) is 10.7. The van der Waals surface area contributed by atoms with E-state index in [0.717, 1.165) is 50.6 Å². The highest BCUT2D eigenvalue weighted by molar-refractivity contribution is 14.0. The third-order valence-electron chi connectivity index (χ3n) is 4.90. The van der Waals surface area contributed by atoms with E-state index in [1.807, 2.05) is 26.2 Å². The number of aromatic nitrogens is 2. The van der Waals surface area contributed by atoms with E-state index < -0.39 is 0 Å². The van der Waals surface area contributed by atoms with Crippen molar-refractivity contribution in [1.29, 1.82) is 0 Å². The van der Waals surface area contributed by atoms with Gasteiger partial charge in [0.2, 0.25) is 5.91 Å². The van der Waals surface area contributed by atoms with Gasteiger partial charge in [-0.05, 0) is 46.0 Å². The van der Waals surface area contributed by atoms with Gasteiger partial charge in [0.15, 0.2) is 5.96 Å². The van der Waals surface area contributed by atoms with Gasteiger partial charge in [-0.25, -0.2) is 9.98 Å². The van der Waals surface area contributed by atoms with Crippen LogP contribution >= 0.6 is 24.0 Å². The lowest BCUT2D eigenvalue weighted by molar-refractivity contribution is -0.126. The lowest BCUT2D eigenvalue weighted by Crippen LogP contribution is -2.47. The van der Waals surface area contributed by atoms with Gasteiger partial charge in [-0.1, -0.05) is 20.3 Å². The molecule has 0 aliphatic heterocycles. The van der Waals surface area contributed by atoms with Crippen LogP contribution in [0.3, 0.4) is 0 Å². The van der Waals surface area contributed by atoms with E-state index in [9.17, 15) is 4.79 Å². The molecule has 1 aromatic rings. The second kappa shape index (κ2) is 13.1. The minimum absolute atomic E-state index is 0. The Hall–Kier alpha value is -1.32. The molecule has 3 N–H and O–H groups in total. The molecule has 8 heteroatoms. The molecule has 1 aliphatic carbocycles. The molecule has 1 aromatic heterocycles. The first-order valence-corrected chi connectivity index (χ1v) is 10.7. The fourth-order valence-corrected chi connectivity index (χ4v) is 3.68. The van der Waals surface area contributed by atoms with E-state index in [2.05, 4.69) is 46.3 Å². The maximum Gasteiger partial charge on any atom is 0.223 e. The van der Waals surface area contributed by atoms with Gasteiger partial charge >= 0.3 is 0 Å². The summed E-state index contributed by atoms with van der Waals surface area (Å²) in [5.41, 5.74) is 0. The van der Waals surface area contributed by atoms with Crippen LogP contribution in [0.15, 0.2) is 17.4 Å². The zero-order chi connectivity index (χ0) is 20.5. The van der Waals surface area contributed by atoms with E-state index in [1.165, 1.54) is 0 Å². The highest BCUT2D eigenvalue weighted by atomic mass is 127. The molecule has 0 spiro atoms. The van der Waals surface area contributed by atoms with Crippen molar-refractivity contribution in [2.45, 2.75) is 85.5 Å². The Balaban J connectivity index is 0.00000420. The smallest absolute Gasteiger partial charge is 0.223 e. The van der Waals surface area contributed by atoms with E-state index in [1.54, 1.807) is 0 Å². The van der Waals surface area contributed by atoms with Crippen molar-refractivity contribution in [1.82, 2.24) is 25.5 Å². The maximum absolute atomic E-state index is 12.4. The van der Waals surface area contributed by atoms with Crippen molar-refractivity contribution >= 4 is 35.8 Å². The summed E-state index contributed by atoms with van der Waals surface area (Å²) in [5.74, 6) is 2.61. The fraction of sp³-hybridized carbons (Fsp3) is 0.762. The number of amides is 1. The van der Waals surface area contributed by atoms with Crippen LogP contribution in [0.4, 0.5) is 0 Å². The van der Waals surface area contributed by atoms with E-state index in [-0.39, 0.29) is 47.9 Å². The molecule has 2 unspecified atom stereocenters. The summed E-state index contributed by atoms with van der Waals surface area (Å²) in [4.78, 5) is 21.6. The summed E-state index contributed by atoms with van der Waals surface area (Å²) in [7, 11) is 0. The molecule has 1 fully saturated rings. The lowest BCUT2D eigenvalue weighted by atomic mass is 9.85. The molecule has 0 aromatic carbocycles. The van der Waals surface area contributed by atoms with Crippen LogP contribution in [0.5, 0.6) is 0 Å². The van der Waals surface area contributed by atoms with E-state index in [4.69, 9.17) is 4.99 Å². The van der Waals surface area contributed by atoms with Crippen LogP contribution in [0.25, 0.3) is 0 Å². The van der Waals surface area contributed by atoms with Gasteiger partial charge in [0.05, 0.1) is 0 Å². The number of halogens is 1. The number of nitrogens with one attached hydrogen (secondary N) is 3. The molecule has 0 bridgehead atoms. The summed E-state index contributed by atoms with van der Waals surface area (Å²) in [6, 6.07) is 0.458. The molecule has 1 saturated carbocycles. The molecule has 166 valence electrons. The second-order valence-corrected chi connectivity index (χ2v) is 8.45. The Bertz CT molecular complexity index is 643. The SMILES string of the molecule is CCNC(=NCc1nccn1CC(C)C)NC1CCCC(C(=O)NC(C)C)C1.I. The van der Waals surface area contributed by atoms with Crippen LogP contribution in [-0.2, 0) is 17.9 Å². The standard InChI is InChI=1S/C21H38N6O.HI/c1-6-22-21(24-13-19-23-10-11-27(19)14-15(2)3)26-18-9-7-8-17(12-18)20(28)25-16(4)5;/h10-11,15-18H,6-9,12-14H2,1-5H3,(H,25,28)(H2,22,24,26);1H. The normalized spacial score (nSPS) is 19.8. The van der Waals surface area contributed by atoms with Gasteiger partial charge in [-0.2, -0.15) is 0 Å². The Morgan fingerprint density at radius 2 is 2.07 bits per heavy atom. The van der Waals surface area contributed by atoms with E-state index >= 15 is 0 Å². The van der Waals surface area contributed by atoms with Crippen molar-refractivity contribution in [3.05, 3.63) is 18.2 Å². The Labute approximate surface area is 192 Å². The topological polar surface area (TPSA) is 83.3 Å². The predicted molar refractivity (Wildman–Crippen MR) is 129 cm³/mol. The van der Waals surface area contributed by atoms with Crippen LogP contribution in [0.2, 0.25) is 0 Å². The second-order valence-electron chi connectivity index (χ2n) is 8.45. The van der Waals surface area contributed by atoms with Gasteiger partial charge in [0.25, 0.3) is 0 Å². The maximum atomic E-state index is 12.4. The van der Waals surface area contributed by atoms with Gasteiger partial charge in [0.1, 0.15) is 12.4 Å². The molecule has 7 nitrogen and oxygen atoms in total. The summed E-state index contributed by atoms with van der Waals surface area (Å²) in [5, 5.41) is 9.92. The van der Waals surface area contributed by atoms with Crippen LogP contribution < -0.4 is 16.0 Å². The first kappa shape index (κ1) is 25.7. The van der Waals surface area contributed by atoms with Crippen LogP contribution in [0.1, 0.15) is 66.1 Å². The van der Waals surface area contributed by atoms with Crippen molar-refractivity contribution in [3.8, 4) is 0 Å². The van der Waals surface area contributed by atoms with Crippen LogP contribution in [-0.4, -0.2) is 40.0 Å². The molecular formula is C21H39IN6O. The van der Waals surface area contributed by atoms with Crippen molar-refractivity contribution < 1.29 is 4.79 Å². The van der Waals surface area contributed by atoms with Crippen LogP contribution in [0, 0.1) is 11.8 Å². The van der Waals surface area contributed by atoms with E-state index in [0.29, 0.717) is 12.5 Å². The number of aliphatic imine (C=N–C) groups is 1. The molecule has 0 saturated heterocycles. The van der Waals surface area contributed by atoms with Gasteiger partial charge < -0.3 is 20.5 Å². The number of nitrogens with zero attached hydrogens (tertiary/aromatic N) is 3. The van der Waals surface area contributed by atoms with Gasteiger partial charge in [-0.3, -0.25) is 4.79 Å². The molecule has 1 amide bonds. The third kappa shape index (κ3) is 8.92. The number of carbonyl (C=O) groups excluding carboxylic acids is 1. The zero-order valence-electron chi connectivity index (χ0n) is 18.6. The monoisotopic (exact) mass is 518 g/mol. The average Bonchev–Trinajstić information content (AvgIpc) is 3.06. The Kier molecular flexibility index (Phi) is 11.6. The summed E-state index contributed by atoms with van der Waals surface area (Å²) in [6.07, 6.45) is 7.81. The summed E-state index contributed by atoms with van der Waals surface area (Å²) >= 11 is 0. The lowest BCUT2D eigenvalue weighted by Gasteiger charge is -2.30. The van der Waals surface area contributed by atoms with Gasteiger partial charge in [-0.15, -0.1) is 24.0 Å². The van der Waals surface area contributed by atoms with Crippen molar-refractivity contribution in [2.24, 2.45) is 16.8 Å². The Morgan fingerprint density at radius 1 is 1.31 bits per heavy atom.